The van der Waals surface area contributed by atoms with Crippen molar-refractivity contribution in [1.29, 1.82) is 0 Å². The molecule has 0 aromatic heterocycles. The summed E-state index contributed by atoms with van der Waals surface area (Å²) in [6.45, 7) is 4.74. The molecule has 12 heavy (non-hydrogen) atoms. The van der Waals surface area contributed by atoms with Crippen LogP contribution in [0, 0.1) is 5.92 Å². The van der Waals surface area contributed by atoms with Gasteiger partial charge in [0.05, 0.1) is 0 Å². The van der Waals surface area contributed by atoms with Crippen molar-refractivity contribution in [3.05, 3.63) is 0 Å². The first-order chi connectivity index (χ1) is 5.77. The minimum atomic E-state index is 0.236. The van der Waals surface area contributed by atoms with Crippen molar-refractivity contribution in [1.82, 2.24) is 10.2 Å². The largest absolute Gasteiger partial charge is 0.343 e. The molecular formula is C9H16N2O. The first-order valence-corrected chi connectivity index (χ1v) is 4.76. The first kappa shape index (κ1) is 8.05. The summed E-state index contributed by atoms with van der Waals surface area (Å²) in [5.74, 6) is 0.961. The summed E-state index contributed by atoms with van der Waals surface area (Å²) in [7, 11) is 0. The standard InChI is InChI=1S/C9H16N2O/c1-7(12)11-5-3-9-8(6-11)2-4-10-9/h8-10H,2-6H2,1H3/t8-,9+/m0/s1. The normalized spacial score (nSPS) is 34.9. The Balaban J connectivity index is 1.96. The molecule has 0 aromatic carbocycles. The quantitative estimate of drug-likeness (QED) is 0.561. The number of nitrogens with zero attached hydrogens (tertiary/aromatic N) is 1. The summed E-state index contributed by atoms with van der Waals surface area (Å²) in [4.78, 5) is 13.1. The highest BCUT2D eigenvalue weighted by Crippen LogP contribution is 2.24. The Hall–Kier alpha value is -0.570. The Morgan fingerprint density at radius 3 is 3.08 bits per heavy atom. The minimum Gasteiger partial charge on any atom is -0.343 e. The highest BCUT2D eigenvalue weighted by atomic mass is 16.2. The van der Waals surface area contributed by atoms with Gasteiger partial charge in [-0.15, -0.1) is 0 Å². The zero-order valence-corrected chi connectivity index (χ0v) is 7.55. The van der Waals surface area contributed by atoms with Gasteiger partial charge in [0.2, 0.25) is 5.91 Å². The Morgan fingerprint density at radius 2 is 2.33 bits per heavy atom. The first-order valence-electron chi connectivity index (χ1n) is 4.76. The number of rotatable bonds is 0. The Morgan fingerprint density at radius 1 is 1.50 bits per heavy atom. The van der Waals surface area contributed by atoms with Crippen LogP contribution in [0.5, 0.6) is 0 Å². The van der Waals surface area contributed by atoms with Crippen LogP contribution in [-0.4, -0.2) is 36.5 Å². The number of likely N-dealkylation sites (tertiary alicyclic amines) is 1. The van der Waals surface area contributed by atoms with Crippen LogP contribution in [0.2, 0.25) is 0 Å². The lowest BCUT2D eigenvalue weighted by atomic mass is 9.93. The van der Waals surface area contributed by atoms with E-state index in [4.69, 9.17) is 0 Å². The van der Waals surface area contributed by atoms with Gasteiger partial charge in [-0.25, -0.2) is 0 Å². The molecule has 0 saturated carbocycles. The molecule has 3 nitrogen and oxygen atoms in total. The molecule has 0 aliphatic carbocycles. The number of hydrogen-bond acceptors (Lipinski definition) is 2. The van der Waals surface area contributed by atoms with Crippen molar-refractivity contribution >= 4 is 5.91 Å². The lowest BCUT2D eigenvalue weighted by molar-refractivity contribution is -0.130. The van der Waals surface area contributed by atoms with Gasteiger partial charge in [-0.1, -0.05) is 0 Å². The van der Waals surface area contributed by atoms with Gasteiger partial charge in [0.25, 0.3) is 0 Å². The topological polar surface area (TPSA) is 32.3 Å². The second kappa shape index (κ2) is 3.05. The van der Waals surface area contributed by atoms with Crippen LogP contribution in [0.25, 0.3) is 0 Å². The molecule has 2 aliphatic rings. The predicted molar refractivity (Wildman–Crippen MR) is 46.8 cm³/mol. The minimum absolute atomic E-state index is 0.236. The molecule has 3 heteroatoms. The number of hydrogen-bond donors (Lipinski definition) is 1. The fourth-order valence-electron chi connectivity index (χ4n) is 2.33. The van der Waals surface area contributed by atoms with Crippen LogP contribution in [0.15, 0.2) is 0 Å². The molecular weight excluding hydrogens is 152 g/mol. The van der Waals surface area contributed by atoms with Gasteiger partial charge in [0.1, 0.15) is 0 Å². The molecule has 1 N–H and O–H groups in total. The van der Waals surface area contributed by atoms with Gasteiger partial charge >= 0.3 is 0 Å². The van der Waals surface area contributed by atoms with Crippen LogP contribution in [0.4, 0.5) is 0 Å². The molecule has 0 radical (unpaired) electrons. The van der Waals surface area contributed by atoms with E-state index in [0.717, 1.165) is 32.0 Å². The lowest BCUT2D eigenvalue weighted by Gasteiger charge is -2.34. The average Bonchev–Trinajstić information content (AvgIpc) is 2.49. The fraction of sp³-hybridized carbons (Fsp3) is 0.889. The maximum Gasteiger partial charge on any atom is 0.219 e. The number of piperidine rings is 1. The number of carbonyl (C=O) groups excluding carboxylic acids is 1. The maximum atomic E-state index is 11.1. The van der Waals surface area contributed by atoms with Crippen LogP contribution in [-0.2, 0) is 4.79 Å². The summed E-state index contributed by atoms with van der Waals surface area (Å²) in [5.41, 5.74) is 0. The van der Waals surface area contributed by atoms with E-state index in [9.17, 15) is 4.79 Å². The summed E-state index contributed by atoms with van der Waals surface area (Å²) in [5, 5.41) is 3.48. The van der Waals surface area contributed by atoms with Crippen molar-refractivity contribution in [2.24, 2.45) is 5.92 Å². The van der Waals surface area contributed by atoms with E-state index in [1.165, 1.54) is 6.42 Å². The third-order valence-corrected chi connectivity index (χ3v) is 3.10. The van der Waals surface area contributed by atoms with E-state index in [1.54, 1.807) is 6.92 Å². The van der Waals surface area contributed by atoms with E-state index >= 15 is 0 Å². The number of carbonyl (C=O) groups is 1. The van der Waals surface area contributed by atoms with Crippen molar-refractivity contribution in [2.45, 2.75) is 25.8 Å². The van der Waals surface area contributed by atoms with Crippen molar-refractivity contribution in [2.75, 3.05) is 19.6 Å². The second-order valence-corrected chi connectivity index (χ2v) is 3.86. The van der Waals surface area contributed by atoms with Gasteiger partial charge in [0.15, 0.2) is 0 Å². The molecule has 68 valence electrons. The van der Waals surface area contributed by atoms with Crippen molar-refractivity contribution < 1.29 is 4.79 Å². The number of fused-ring (bicyclic) bond motifs is 1. The lowest BCUT2D eigenvalue weighted by Crippen LogP contribution is -2.46. The smallest absolute Gasteiger partial charge is 0.219 e. The SMILES string of the molecule is CC(=O)N1CC[C@H]2NCC[C@H]2C1. The van der Waals surface area contributed by atoms with E-state index in [-0.39, 0.29) is 5.91 Å². The van der Waals surface area contributed by atoms with Gasteiger partial charge < -0.3 is 10.2 Å². The van der Waals surface area contributed by atoms with Gasteiger partial charge in [-0.2, -0.15) is 0 Å². The van der Waals surface area contributed by atoms with E-state index in [1.807, 2.05) is 4.90 Å². The van der Waals surface area contributed by atoms with E-state index in [0.29, 0.717) is 6.04 Å². The Labute approximate surface area is 73.1 Å². The van der Waals surface area contributed by atoms with Gasteiger partial charge in [-0.05, 0) is 25.3 Å². The molecule has 2 aliphatic heterocycles. The molecule has 0 aromatic rings. The zero-order chi connectivity index (χ0) is 8.55. The van der Waals surface area contributed by atoms with Crippen LogP contribution in [0.1, 0.15) is 19.8 Å². The summed E-state index contributed by atoms with van der Waals surface area (Å²) < 4.78 is 0. The average molecular weight is 168 g/mol. The molecule has 2 saturated heterocycles. The molecule has 0 bridgehead atoms. The number of nitrogens with one attached hydrogen (secondary N) is 1. The Kier molecular flexibility index (Phi) is 2.05. The van der Waals surface area contributed by atoms with Crippen LogP contribution in [0.3, 0.4) is 0 Å². The third-order valence-electron chi connectivity index (χ3n) is 3.10. The van der Waals surface area contributed by atoms with Gasteiger partial charge in [-0.3, -0.25) is 4.79 Å². The summed E-state index contributed by atoms with van der Waals surface area (Å²) >= 11 is 0. The maximum absolute atomic E-state index is 11.1. The summed E-state index contributed by atoms with van der Waals surface area (Å²) in [6.07, 6.45) is 2.39. The molecule has 2 heterocycles. The van der Waals surface area contributed by atoms with Crippen molar-refractivity contribution in [3.63, 3.8) is 0 Å². The summed E-state index contributed by atoms with van der Waals surface area (Å²) in [6, 6.07) is 0.695. The third kappa shape index (κ3) is 1.33. The fourth-order valence-corrected chi connectivity index (χ4v) is 2.33. The van der Waals surface area contributed by atoms with E-state index in [2.05, 4.69) is 5.32 Å². The second-order valence-electron chi connectivity index (χ2n) is 3.86. The molecule has 2 fully saturated rings. The monoisotopic (exact) mass is 168 g/mol. The molecule has 2 atom stereocenters. The van der Waals surface area contributed by atoms with Crippen LogP contribution >= 0.6 is 0 Å². The highest BCUT2D eigenvalue weighted by molar-refractivity contribution is 5.73. The zero-order valence-electron chi connectivity index (χ0n) is 7.55. The van der Waals surface area contributed by atoms with Gasteiger partial charge in [0, 0.05) is 26.1 Å². The Bertz CT molecular complexity index is 193. The van der Waals surface area contributed by atoms with Crippen molar-refractivity contribution in [3.8, 4) is 0 Å². The molecule has 2 rings (SSSR count). The van der Waals surface area contributed by atoms with Crippen LogP contribution < -0.4 is 5.32 Å². The molecule has 0 spiro atoms. The molecule has 1 amide bonds. The predicted octanol–water partition coefficient (Wildman–Crippen LogP) is 0.217. The highest BCUT2D eigenvalue weighted by Gasteiger charge is 2.33. The molecule has 0 unspecified atom stereocenters. The number of amides is 1. The van der Waals surface area contributed by atoms with E-state index < -0.39 is 0 Å².